The number of imidazole rings is 1. The van der Waals surface area contributed by atoms with Gasteiger partial charge in [-0.1, -0.05) is 18.2 Å². The Bertz CT molecular complexity index is 851. The minimum absolute atomic E-state index is 0.192. The van der Waals surface area contributed by atoms with E-state index >= 15 is 0 Å². The predicted molar refractivity (Wildman–Crippen MR) is 96.4 cm³/mol. The summed E-state index contributed by atoms with van der Waals surface area (Å²) in [5.74, 6) is 0.657. The highest BCUT2D eigenvalue weighted by atomic mass is 35.5. The van der Waals surface area contributed by atoms with Gasteiger partial charge in [0.25, 0.3) is 0 Å². The summed E-state index contributed by atoms with van der Waals surface area (Å²) >= 11 is 5.87. The van der Waals surface area contributed by atoms with Gasteiger partial charge in [-0.25, -0.2) is 9.97 Å². The molecule has 2 aromatic heterocycles. The number of aromatic nitrogens is 3. The fourth-order valence-electron chi connectivity index (χ4n) is 3.13. The first-order chi connectivity index (χ1) is 11.0. The van der Waals surface area contributed by atoms with Crippen molar-refractivity contribution >= 4 is 22.8 Å². The van der Waals surface area contributed by atoms with Crippen LogP contribution in [0.4, 0.5) is 0 Å². The van der Waals surface area contributed by atoms with Crippen LogP contribution in [0.5, 0.6) is 0 Å². The molecule has 3 nitrogen and oxygen atoms in total. The van der Waals surface area contributed by atoms with E-state index in [0.29, 0.717) is 5.88 Å². The van der Waals surface area contributed by atoms with Crippen molar-refractivity contribution in [3.8, 4) is 0 Å². The van der Waals surface area contributed by atoms with Crippen LogP contribution in [-0.2, 0) is 6.42 Å². The third-order valence-corrected chi connectivity index (χ3v) is 4.67. The van der Waals surface area contributed by atoms with E-state index in [4.69, 9.17) is 16.6 Å². The van der Waals surface area contributed by atoms with Crippen molar-refractivity contribution in [2.45, 2.75) is 40.2 Å². The maximum absolute atomic E-state index is 5.87. The van der Waals surface area contributed by atoms with E-state index in [9.17, 15) is 0 Å². The normalized spacial score (nSPS) is 12.7. The van der Waals surface area contributed by atoms with Gasteiger partial charge in [-0.3, -0.25) is 0 Å². The molecule has 0 aliphatic rings. The SMILES string of the molecule is Cc1cc(C)c2ncn(C(C)c3ccc(CCCl)c(C)c3)c2n1. The Kier molecular flexibility index (Phi) is 4.40. The largest absolute Gasteiger partial charge is 0.308 e. The highest BCUT2D eigenvalue weighted by Crippen LogP contribution is 2.26. The Morgan fingerprint density at radius 3 is 2.61 bits per heavy atom. The fourth-order valence-corrected chi connectivity index (χ4v) is 3.33. The molecule has 0 spiro atoms. The van der Waals surface area contributed by atoms with E-state index in [2.05, 4.69) is 54.6 Å². The van der Waals surface area contributed by atoms with Gasteiger partial charge in [-0.2, -0.15) is 0 Å². The van der Waals surface area contributed by atoms with Gasteiger partial charge in [-0.05, 0) is 62.4 Å². The Balaban J connectivity index is 2.03. The van der Waals surface area contributed by atoms with Crippen molar-refractivity contribution in [1.29, 1.82) is 0 Å². The third-order valence-electron chi connectivity index (χ3n) is 4.48. The molecule has 4 heteroatoms. The Morgan fingerprint density at radius 1 is 1.13 bits per heavy atom. The smallest absolute Gasteiger partial charge is 0.160 e. The average Bonchev–Trinajstić information content (AvgIpc) is 2.92. The van der Waals surface area contributed by atoms with Gasteiger partial charge in [0, 0.05) is 11.6 Å². The van der Waals surface area contributed by atoms with Gasteiger partial charge in [-0.15, -0.1) is 11.6 Å². The molecular weight excluding hydrogens is 306 g/mol. The van der Waals surface area contributed by atoms with E-state index in [1.165, 1.54) is 22.3 Å². The van der Waals surface area contributed by atoms with E-state index in [1.54, 1.807) is 0 Å². The average molecular weight is 328 g/mol. The van der Waals surface area contributed by atoms with Crippen LogP contribution in [0.15, 0.2) is 30.6 Å². The first-order valence-corrected chi connectivity index (χ1v) is 8.51. The Hall–Kier alpha value is -1.87. The minimum atomic E-state index is 0.192. The minimum Gasteiger partial charge on any atom is -0.308 e. The molecule has 0 radical (unpaired) electrons. The van der Waals surface area contributed by atoms with Crippen LogP contribution < -0.4 is 0 Å². The van der Waals surface area contributed by atoms with Crippen LogP contribution in [0.1, 0.15) is 40.9 Å². The van der Waals surface area contributed by atoms with Crippen molar-refractivity contribution in [3.05, 3.63) is 58.5 Å². The number of rotatable bonds is 4. The summed E-state index contributed by atoms with van der Waals surface area (Å²) in [6.07, 6.45) is 2.81. The standard InChI is InChI=1S/C19H22ClN3/c1-12-10-17(6-5-16(12)7-8-20)15(4)23-11-21-18-13(2)9-14(3)22-19(18)23/h5-6,9-11,15H,7-8H2,1-4H3. The van der Waals surface area contributed by atoms with Crippen LogP contribution >= 0.6 is 11.6 Å². The zero-order valence-corrected chi connectivity index (χ0v) is 14.9. The van der Waals surface area contributed by atoms with E-state index < -0.39 is 0 Å². The van der Waals surface area contributed by atoms with Gasteiger partial charge in [0.05, 0.1) is 12.4 Å². The monoisotopic (exact) mass is 327 g/mol. The van der Waals surface area contributed by atoms with Gasteiger partial charge in [0.1, 0.15) is 5.52 Å². The zero-order valence-electron chi connectivity index (χ0n) is 14.1. The molecule has 23 heavy (non-hydrogen) atoms. The summed E-state index contributed by atoms with van der Waals surface area (Å²) in [6, 6.07) is 8.90. The summed E-state index contributed by atoms with van der Waals surface area (Å²) < 4.78 is 2.16. The molecule has 0 amide bonds. The summed E-state index contributed by atoms with van der Waals surface area (Å²) in [4.78, 5) is 9.25. The molecule has 1 atom stereocenters. The van der Waals surface area contributed by atoms with Crippen molar-refractivity contribution in [2.24, 2.45) is 0 Å². The lowest BCUT2D eigenvalue weighted by Gasteiger charge is -2.16. The number of hydrogen-bond donors (Lipinski definition) is 0. The molecule has 1 aromatic carbocycles. The van der Waals surface area contributed by atoms with Gasteiger partial charge in [0.15, 0.2) is 5.65 Å². The topological polar surface area (TPSA) is 30.7 Å². The first kappa shape index (κ1) is 16.0. The third kappa shape index (κ3) is 2.98. The molecule has 3 rings (SSSR count). The fraction of sp³-hybridized carbons (Fsp3) is 0.368. The second-order valence-electron chi connectivity index (χ2n) is 6.21. The second-order valence-corrected chi connectivity index (χ2v) is 6.58. The highest BCUT2D eigenvalue weighted by molar-refractivity contribution is 6.18. The number of aryl methyl sites for hydroxylation is 4. The number of pyridine rings is 1. The Labute approximate surface area is 142 Å². The van der Waals surface area contributed by atoms with Gasteiger partial charge in [0.2, 0.25) is 0 Å². The number of nitrogens with zero attached hydrogens (tertiary/aromatic N) is 3. The molecule has 0 saturated carbocycles. The molecule has 0 aliphatic carbocycles. The molecule has 2 heterocycles. The van der Waals surface area contributed by atoms with Crippen LogP contribution in [0.3, 0.4) is 0 Å². The maximum atomic E-state index is 5.87. The molecular formula is C19H22ClN3. The molecule has 120 valence electrons. The van der Waals surface area contributed by atoms with E-state index in [0.717, 1.165) is 23.3 Å². The molecule has 0 fully saturated rings. The predicted octanol–water partition coefficient (Wildman–Crippen LogP) is 4.75. The number of alkyl halides is 1. The molecule has 3 aromatic rings. The summed E-state index contributed by atoms with van der Waals surface area (Å²) in [5.41, 5.74) is 8.01. The van der Waals surface area contributed by atoms with Crippen LogP contribution in [0.25, 0.3) is 11.2 Å². The zero-order chi connectivity index (χ0) is 16.6. The number of halogens is 1. The van der Waals surface area contributed by atoms with Crippen molar-refractivity contribution in [2.75, 3.05) is 5.88 Å². The van der Waals surface area contributed by atoms with Crippen LogP contribution in [-0.4, -0.2) is 20.4 Å². The van der Waals surface area contributed by atoms with Crippen molar-refractivity contribution in [1.82, 2.24) is 14.5 Å². The molecule has 1 unspecified atom stereocenters. The van der Waals surface area contributed by atoms with Crippen molar-refractivity contribution < 1.29 is 0 Å². The molecule has 0 saturated heterocycles. The first-order valence-electron chi connectivity index (χ1n) is 7.97. The highest BCUT2D eigenvalue weighted by Gasteiger charge is 2.15. The quantitative estimate of drug-likeness (QED) is 0.647. The van der Waals surface area contributed by atoms with E-state index in [-0.39, 0.29) is 6.04 Å². The van der Waals surface area contributed by atoms with Gasteiger partial charge >= 0.3 is 0 Å². The lowest BCUT2D eigenvalue weighted by molar-refractivity contribution is 0.651. The number of benzene rings is 1. The molecule has 0 bridgehead atoms. The lowest BCUT2D eigenvalue weighted by atomic mass is 9.99. The molecule has 0 N–H and O–H groups in total. The number of hydrogen-bond acceptors (Lipinski definition) is 2. The summed E-state index contributed by atoms with van der Waals surface area (Å²) in [5, 5.41) is 0. The molecule has 0 aliphatic heterocycles. The Morgan fingerprint density at radius 2 is 1.91 bits per heavy atom. The van der Waals surface area contributed by atoms with Crippen LogP contribution in [0, 0.1) is 20.8 Å². The van der Waals surface area contributed by atoms with Crippen LogP contribution in [0.2, 0.25) is 0 Å². The summed E-state index contributed by atoms with van der Waals surface area (Å²) in [6.45, 7) is 8.46. The lowest BCUT2D eigenvalue weighted by Crippen LogP contribution is -2.07. The van der Waals surface area contributed by atoms with Gasteiger partial charge < -0.3 is 4.57 Å². The summed E-state index contributed by atoms with van der Waals surface area (Å²) in [7, 11) is 0. The van der Waals surface area contributed by atoms with E-state index in [1.807, 2.05) is 13.3 Å². The number of fused-ring (bicyclic) bond motifs is 1. The van der Waals surface area contributed by atoms with Crippen molar-refractivity contribution in [3.63, 3.8) is 0 Å². The maximum Gasteiger partial charge on any atom is 0.160 e. The second kappa shape index (κ2) is 6.32.